The molecule has 7 heteroatoms. The lowest BCUT2D eigenvalue weighted by Gasteiger charge is -2.46. The van der Waals surface area contributed by atoms with E-state index >= 15 is 0 Å². The molecule has 1 aromatic carbocycles. The highest BCUT2D eigenvalue weighted by Gasteiger charge is 2.42. The lowest BCUT2D eigenvalue weighted by molar-refractivity contribution is -0.137. The van der Waals surface area contributed by atoms with Gasteiger partial charge in [0.25, 0.3) is 0 Å². The lowest BCUT2D eigenvalue weighted by atomic mass is 9.94. The number of unbranched alkanes of at least 4 members (excludes halogenated alkanes) is 1. The number of benzene rings is 1. The maximum absolute atomic E-state index is 12.5. The molecule has 122 valence electrons. The standard InChI is InChI=1S/C15H19F3N2O2/c1-2-3-4-12-13(9-20(12)14(19)21)22-11-7-5-10(6-8-11)15(16,17)18/h5-8,12-13H,2-4,9H2,1H3,(H2,19,21). The zero-order valence-electron chi connectivity index (χ0n) is 12.3. The molecule has 2 atom stereocenters. The predicted octanol–water partition coefficient (Wildman–Crippen LogP) is 3.41. The van der Waals surface area contributed by atoms with E-state index in [-0.39, 0.29) is 12.1 Å². The second-order valence-electron chi connectivity index (χ2n) is 5.38. The topological polar surface area (TPSA) is 55.6 Å². The predicted molar refractivity (Wildman–Crippen MR) is 75.5 cm³/mol. The van der Waals surface area contributed by atoms with E-state index in [0.29, 0.717) is 12.3 Å². The number of amides is 2. The Morgan fingerprint density at radius 2 is 2.00 bits per heavy atom. The Morgan fingerprint density at radius 3 is 2.50 bits per heavy atom. The molecule has 0 radical (unpaired) electrons. The van der Waals surface area contributed by atoms with Crippen LogP contribution in [-0.2, 0) is 6.18 Å². The number of likely N-dealkylation sites (tertiary alicyclic amines) is 1. The molecule has 22 heavy (non-hydrogen) atoms. The summed E-state index contributed by atoms with van der Waals surface area (Å²) in [5.74, 6) is 0.364. The van der Waals surface area contributed by atoms with Gasteiger partial charge in [-0.05, 0) is 30.7 Å². The number of halogens is 3. The molecule has 1 heterocycles. The van der Waals surface area contributed by atoms with E-state index in [4.69, 9.17) is 10.5 Å². The molecular weight excluding hydrogens is 297 g/mol. The molecule has 1 aliphatic heterocycles. The fraction of sp³-hybridized carbons (Fsp3) is 0.533. The Bertz CT molecular complexity index is 517. The molecule has 2 N–H and O–H groups in total. The molecule has 2 unspecified atom stereocenters. The van der Waals surface area contributed by atoms with E-state index < -0.39 is 17.8 Å². The summed E-state index contributed by atoms with van der Waals surface area (Å²) in [5.41, 5.74) is 4.58. The molecule has 0 aromatic heterocycles. The van der Waals surface area contributed by atoms with Gasteiger partial charge in [0, 0.05) is 0 Å². The Labute approximate surface area is 127 Å². The number of carbonyl (C=O) groups excluding carboxylic acids is 1. The van der Waals surface area contributed by atoms with Crippen molar-refractivity contribution in [2.24, 2.45) is 5.73 Å². The number of nitrogens with zero attached hydrogens (tertiary/aromatic N) is 1. The van der Waals surface area contributed by atoms with Crippen LogP contribution in [0.5, 0.6) is 5.75 Å². The average molecular weight is 316 g/mol. The van der Waals surface area contributed by atoms with Gasteiger partial charge in [0.15, 0.2) is 0 Å². The van der Waals surface area contributed by atoms with Crippen LogP contribution in [0, 0.1) is 0 Å². The summed E-state index contributed by atoms with van der Waals surface area (Å²) in [4.78, 5) is 12.8. The van der Waals surface area contributed by atoms with E-state index in [1.807, 2.05) is 6.92 Å². The summed E-state index contributed by atoms with van der Waals surface area (Å²) in [6, 6.07) is 3.97. The fourth-order valence-corrected chi connectivity index (χ4v) is 2.54. The van der Waals surface area contributed by atoms with Gasteiger partial charge < -0.3 is 15.4 Å². The Morgan fingerprint density at radius 1 is 1.36 bits per heavy atom. The van der Waals surface area contributed by atoms with Crippen molar-refractivity contribution >= 4 is 6.03 Å². The summed E-state index contributed by atoms with van der Waals surface area (Å²) in [5, 5.41) is 0. The first kappa shape index (κ1) is 16.5. The van der Waals surface area contributed by atoms with Crippen LogP contribution >= 0.6 is 0 Å². The zero-order valence-corrected chi connectivity index (χ0v) is 12.3. The minimum atomic E-state index is -4.36. The van der Waals surface area contributed by atoms with Crippen molar-refractivity contribution in [2.45, 2.75) is 44.5 Å². The summed E-state index contributed by atoms with van der Waals surface area (Å²) in [6.45, 7) is 2.41. The molecule has 4 nitrogen and oxygen atoms in total. The molecule has 0 saturated carbocycles. The van der Waals surface area contributed by atoms with Gasteiger partial charge in [0.2, 0.25) is 0 Å². The number of hydrogen-bond donors (Lipinski definition) is 1. The highest BCUT2D eigenvalue weighted by atomic mass is 19.4. The maximum atomic E-state index is 12.5. The summed E-state index contributed by atoms with van der Waals surface area (Å²) in [7, 11) is 0. The van der Waals surface area contributed by atoms with Crippen LogP contribution in [0.1, 0.15) is 31.7 Å². The molecule has 1 saturated heterocycles. The minimum Gasteiger partial charge on any atom is -0.486 e. The average Bonchev–Trinajstić information content (AvgIpc) is 2.42. The van der Waals surface area contributed by atoms with Crippen molar-refractivity contribution < 1.29 is 22.7 Å². The molecule has 2 rings (SSSR count). The van der Waals surface area contributed by atoms with Crippen molar-refractivity contribution in [3.63, 3.8) is 0 Å². The first-order valence-electron chi connectivity index (χ1n) is 7.23. The second kappa shape index (κ2) is 6.46. The fourth-order valence-electron chi connectivity index (χ4n) is 2.54. The first-order chi connectivity index (χ1) is 10.3. The van der Waals surface area contributed by atoms with E-state index in [1.54, 1.807) is 0 Å². The number of rotatable bonds is 5. The maximum Gasteiger partial charge on any atom is 0.416 e. The molecule has 0 aliphatic carbocycles. The third-order valence-corrected chi connectivity index (χ3v) is 3.81. The highest BCUT2D eigenvalue weighted by molar-refractivity contribution is 5.73. The SMILES string of the molecule is CCCCC1C(Oc2ccc(C(F)(F)F)cc2)CN1C(N)=O. The minimum absolute atomic E-state index is 0.111. The molecule has 0 bridgehead atoms. The van der Waals surface area contributed by atoms with Crippen molar-refractivity contribution in [1.82, 2.24) is 4.90 Å². The lowest BCUT2D eigenvalue weighted by Crippen LogP contribution is -2.65. The number of primary amides is 1. The number of urea groups is 1. The molecule has 2 amide bonds. The molecule has 1 aromatic rings. The van der Waals surface area contributed by atoms with Gasteiger partial charge in [0.05, 0.1) is 18.2 Å². The molecule has 0 spiro atoms. The van der Waals surface area contributed by atoms with Crippen LogP contribution in [0.15, 0.2) is 24.3 Å². The van der Waals surface area contributed by atoms with Gasteiger partial charge >= 0.3 is 12.2 Å². The third-order valence-electron chi connectivity index (χ3n) is 3.81. The van der Waals surface area contributed by atoms with E-state index in [2.05, 4.69) is 0 Å². The Hall–Kier alpha value is -1.92. The van der Waals surface area contributed by atoms with Gasteiger partial charge in [-0.15, -0.1) is 0 Å². The summed E-state index contributed by atoms with van der Waals surface area (Å²) < 4.78 is 43.2. The van der Waals surface area contributed by atoms with Crippen LogP contribution in [0.4, 0.5) is 18.0 Å². The van der Waals surface area contributed by atoms with Crippen molar-refractivity contribution in [3.8, 4) is 5.75 Å². The molecular formula is C15H19F3N2O2. The molecule has 1 aliphatic rings. The van der Waals surface area contributed by atoms with Gasteiger partial charge in [-0.3, -0.25) is 0 Å². The second-order valence-corrected chi connectivity index (χ2v) is 5.38. The summed E-state index contributed by atoms with van der Waals surface area (Å²) in [6.07, 6.45) is -1.90. The monoisotopic (exact) mass is 316 g/mol. The number of alkyl halides is 3. The van der Waals surface area contributed by atoms with Crippen LogP contribution in [-0.4, -0.2) is 29.6 Å². The smallest absolute Gasteiger partial charge is 0.416 e. The van der Waals surface area contributed by atoms with Crippen LogP contribution < -0.4 is 10.5 Å². The highest BCUT2D eigenvalue weighted by Crippen LogP contribution is 2.32. The normalized spacial score (nSPS) is 21.4. The van der Waals surface area contributed by atoms with E-state index in [0.717, 1.165) is 31.4 Å². The number of ether oxygens (including phenoxy) is 1. The Kier molecular flexibility index (Phi) is 4.83. The van der Waals surface area contributed by atoms with Gasteiger partial charge in [0.1, 0.15) is 11.9 Å². The first-order valence-corrected chi connectivity index (χ1v) is 7.23. The van der Waals surface area contributed by atoms with Crippen molar-refractivity contribution in [2.75, 3.05) is 6.54 Å². The zero-order chi connectivity index (χ0) is 16.3. The Balaban J connectivity index is 1.99. The van der Waals surface area contributed by atoms with E-state index in [1.165, 1.54) is 17.0 Å². The number of nitrogens with two attached hydrogens (primary N) is 1. The van der Waals surface area contributed by atoms with Gasteiger partial charge in [-0.1, -0.05) is 19.8 Å². The van der Waals surface area contributed by atoms with Crippen LogP contribution in [0.2, 0.25) is 0 Å². The summed E-state index contributed by atoms with van der Waals surface area (Å²) >= 11 is 0. The van der Waals surface area contributed by atoms with Gasteiger partial charge in [-0.2, -0.15) is 13.2 Å². The van der Waals surface area contributed by atoms with Gasteiger partial charge in [-0.25, -0.2) is 4.79 Å². The van der Waals surface area contributed by atoms with E-state index in [9.17, 15) is 18.0 Å². The van der Waals surface area contributed by atoms with Crippen molar-refractivity contribution in [1.29, 1.82) is 0 Å². The largest absolute Gasteiger partial charge is 0.486 e. The molecule has 1 fully saturated rings. The van der Waals surface area contributed by atoms with Crippen LogP contribution in [0.3, 0.4) is 0 Å². The third kappa shape index (κ3) is 3.64. The number of hydrogen-bond acceptors (Lipinski definition) is 2. The quantitative estimate of drug-likeness (QED) is 0.905. The number of carbonyl (C=O) groups is 1. The van der Waals surface area contributed by atoms with Crippen molar-refractivity contribution in [3.05, 3.63) is 29.8 Å². The van der Waals surface area contributed by atoms with Crippen LogP contribution in [0.25, 0.3) is 0 Å².